The highest BCUT2D eigenvalue weighted by Crippen LogP contribution is 2.10. The Kier molecular flexibility index (Phi) is 5.92. The molecule has 4 nitrogen and oxygen atoms in total. The lowest BCUT2D eigenvalue weighted by Crippen LogP contribution is -2.04. The summed E-state index contributed by atoms with van der Waals surface area (Å²) in [6.45, 7) is 0.945. The monoisotopic (exact) mass is 227 g/mol. The van der Waals surface area contributed by atoms with Crippen LogP contribution >= 0.6 is 11.8 Å². The molecule has 0 saturated heterocycles. The fourth-order valence-corrected chi connectivity index (χ4v) is 1.63. The number of ether oxygens (including phenoxy) is 1. The van der Waals surface area contributed by atoms with Crippen molar-refractivity contribution in [2.75, 3.05) is 31.0 Å². The zero-order valence-corrected chi connectivity index (χ0v) is 10.0. The van der Waals surface area contributed by atoms with Crippen LogP contribution in [-0.2, 0) is 0 Å². The molecule has 1 heterocycles. The van der Waals surface area contributed by atoms with Gasteiger partial charge in [-0.25, -0.2) is 9.97 Å². The molecule has 0 aliphatic heterocycles. The van der Waals surface area contributed by atoms with Crippen LogP contribution in [0.5, 0.6) is 5.88 Å². The Labute approximate surface area is 94.8 Å². The van der Waals surface area contributed by atoms with E-state index in [0.29, 0.717) is 5.88 Å². The molecule has 0 radical (unpaired) electrons. The summed E-state index contributed by atoms with van der Waals surface area (Å²) in [6.07, 6.45) is 6.02. The summed E-state index contributed by atoms with van der Waals surface area (Å²) in [5.74, 6) is 2.64. The number of unbranched alkanes of at least 4 members (excludes halogenated alkanes) is 1. The van der Waals surface area contributed by atoms with Crippen molar-refractivity contribution in [3.05, 3.63) is 12.4 Å². The van der Waals surface area contributed by atoms with Crippen LogP contribution in [0.4, 0.5) is 5.82 Å². The second kappa shape index (κ2) is 7.34. The van der Waals surface area contributed by atoms with Crippen LogP contribution in [0.3, 0.4) is 0 Å². The molecule has 0 bridgehead atoms. The van der Waals surface area contributed by atoms with Crippen molar-refractivity contribution in [1.82, 2.24) is 9.97 Å². The van der Waals surface area contributed by atoms with Crippen molar-refractivity contribution in [3.63, 3.8) is 0 Å². The van der Waals surface area contributed by atoms with E-state index < -0.39 is 0 Å². The maximum absolute atomic E-state index is 5.01. The Bertz CT molecular complexity index is 283. The molecule has 0 saturated carbocycles. The third-order valence-electron chi connectivity index (χ3n) is 1.93. The minimum absolute atomic E-state index is 0.594. The molecule has 84 valence electrons. The van der Waals surface area contributed by atoms with E-state index in [4.69, 9.17) is 4.74 Å². The average molecular weight is 227 g/mol. The third-order valence-corrected chi connectivity index (χ3v) is 2.63. The number of hydrogen-bond acceptors (Lipinski definition) is 5. The van der Waals surface area contributed by atoms with Crippen molar-refractivity contribution < 1.29 is 4.74 Å². The number of thioether (sulfide) groups is 1. The third kappa shape index (κ3) is 4.88. The van der Waals surface area contributed by atoms with Gasteiger partial charge in [-0.2, -0.15) is 11.8 Å². The summed E-state index contributed by atoms with van der Waals surface area (Å²) < 4.78 is 5.01. The maximum atomic E-state index is 5.01. The number of anilines is 1. The SMILES string of the molecule is COc1cc(NCCCCSC)ncn1. The Morgan fingerprint density at radius 2 is 2.27 bits per heavy atom. The lowest BCUT2D eigenvalue weighted by atomic mass is 10.3. The first-order valence-electron chi connectivity index (χ1n) is 4.95. The highest BCUT2D eigenvalue weighted by molar-refractivity contribution is 7.98. The Morgan fingerprint density at radius 3 is 3.00 bits per heavy atom. The van der Waals surface area contributed by atoms with Crippen LogP contribution in [0, 0.1) is 0 Å². The molecule has 1 aromatic rings. The molecule has 0 atom stereocenters. The quantitative estimate of drug-likeness (QED) is 0.722. The zero-order chi connectivity index (χ0) is 10.9. The number of hydrogen-bond donors (Lipinski definition) is 1. The number of aromatic nitrogens is 2. The van der Waals surface area contributed by atoms with E-state index in [1.54, 1.807) is 13.2 Å². The average Bonchev–Trinajstić information content (AvgIpc) is 2.29. The van der Waals surface area contributed by atoms with Gasteiger partial charge in [0.1, 0.15) is 12.1 Å². The van der Waals surface area contributed by atoms with Crippen molar-refractivity contribution in [2.45, 2.75) is 12.8 Å². The molecule has 5 heteroatoms. The van der Waals surface area contributed by atoms with Gasteiger partial charge in [0.05, 0.1) is 7.11 Å². The van der Waals surface area contributed by atoms with Gasteiger partial charge >= 0.3 is 0 Å². The van der Waals surface area contributed by atoms with Crippen LogP contribution in [0.25, 0.3) is 0 Å². The van der Waals surface area contributed by atoms with Crippen molar-refractivity contribution in [2.24, 2.45) is 0 Å². The van der Waals surface area contributed by atoms with Gasteiger partial charge in [0.15, 0.2) is 0 Å². The summed E-state index contributed by atoms with van der Waals surface area (Å²) in [4.78, 5) is 8.04. The molecule has 0 spiro atoms. The molecule has 0 amide bonds. The lowest BCUT2D eigenvalue weighted by molar-refractivity contribution is 0.397. The molecule has 0 aliphatic carbocycles. The van der Waals surface area contributed by atoms with Crippen LogP contribution < -0.4 is 10.1 Å². The predicted molar refractivity (Wildman–Crippen MR) is 64.7 cm³/mol. The maximum Gasteiger partial charge on any atom is 0.218 e. The number of nitrogens with zero attached hydrogens (tertiary/aromatic N) is 2. The summed E-state index contributed by atoms with van der Waals surface area (Å²) in [7, 11) is 1.60. The van der Waals surface area contributed by atoms with Crippen molar-refractivity contribution in [3.8, 4) is 5.88 Å². The van der Waals surface area contributed by atoms with Gasteiger partial charge in [-0.05, 0) is 24.9 Å². The summed E-state index contributed by atoms with van der Waals surface area (Å²) in [5, 5.41) is 3.24. The Morgan fingerprint density at radius 1 is 1.40 bits per heavy atom. The van der Waals surface area contributed by atoms with Gasteiger partial charge in [-0.3, -0.25) is 0 Å². The summed E-state index contributed by atoms with van der Waals surface area (Å²) >= 11 is 1.88. The van der Waals surface area contributed by atoms with Crippen molar-refractivity contribution in [1.29, 1.82) is 0 Å². The largest absolute Gasteiger partial charge is 0.481 e. The van der Waals surface area contributed by atoms with Crippen LogP contribution in [0.15, 0.2) is 12.4 Å². The van der Waals surface area contributed by atoms with E-state index in [1.807, 2.05) is 11.8 Å². The topological polar surface area (TPSA) is 47.0 Å². The Balaban J connectivity index is 2.24. The van der Waals surface area contributed by atoms with Crippen LogP contribution in [0.2, 0.25) is 0 Å². The highest BCUT2D eigenvalue weighted by Gasteiger charge is 1.96. The van der Waals surface area contributed by atoms with Crippen LogP contribution in [-0.4, -0.2) is 35.6 Å². The number of methoxy groups -OCH3 is 1. The fourth-order valence-electron chi connectivity index (χ4n) is 1.14. The molecule has 1 N–H and O–H groups in total. The van der Waals surface area contributed by atoms with E-state index in [9.17, 15) is 0 Å². The van der Waals surface area contributed by atoms with E-state index in [0.717, 1.165) is 18.8 Å². The standard InChI is InChI=1S/C10H17N3OS/c1-14-10-7-9(12-8-13-10)11-5-3-4-6-15-2/h7-8H,3-6H2,1-2H3,(H,11,12,13). The minimum atomic E-state index is 0.594. The van der Waals surface area contributed by atoms with E-state index in [-0.39, 0.29) is 0 Å². The number of nitrogens with one attached hydrogen (secondary N) is 1. The first kappa shape index (κ1) is 12.1. The fraction of sp³-hybridized carbons (Fsp3) is 0.600. The summed E-state index contributed by atoms with van der Waals surface area (Å²) in [6, 6.07) is 1.80. The van der Waals surface area contributed by atoms with Gasteiger partial charge in [0.2, 0.25) is 5.88 Å². The van der Waals surface area contributed by atoms with E-state index in [2.05, 4.69) is 21.5 Å². The molecular weight excluding hydrogens is 210 g/mol. The van der Waals surface area contributed by atoms with E-state index in [1.165, 1.54) is 18.5 Å². The second-order valence-electron chi connectivity index (χ2n) is 3.07. The Hall–Kier alpha value is -0.970. The minimum Gasteiger partial charge on any atom is -0.481 e. The molecule has 0 fully saturated rings. The summed E-state index contributed by atoms with van der Waals surface area (Å²) in [5.41, 5.74) is 0. The van der Waals surface area contributed by atoms with Gasteiger partial charge in [0, 0.05) is 12.6 Å². The highest BCUT2D eigenvalue weighted by atomic mass is 32.2. The first-order chi connectivity index (χ1) is 7.36. The normalized spacial score (nSPS) is 10.0. The lowest BCUT2D eigenvalue weighted by Gasteiger charge is -2.05. The van der Waals surface area contributed by atoms with Gasteiger partial charge in [0.25, 0.3) is 0 Å². The zero-order valence-electron chi connectivity index (χ0n) is 9.19. The van der Waals surface area contributed by atoms with Gasteiger partial charge < -0.3 is 10.1 Å². The van der Waals surface area contributed by atoms with E-state index >= 15 is 0 Å². The smallest absolute Gasteiger partial charge is 0.218 e. The molecule has 0 unspecified atom stereocenters. The molecule has 0 aromatic carbocycles. The molecule has 1 aromatic heterocycles. The molecule has 0 aliphatic rings. The number of rotatable bonds is 7. The predicted octanol–water partition coefficient (Wildman–Crippen LogP) is 2.04. The molecular formula is C10H17N3OS. The van der Waals surface area contributed by atoms with Crippen molar-refractivity contribution >= 4 is 17.6 Å². The second-order valence-corrected chi connectivity index (χ2v) is 4.06. The van der Waals surface area contributed by atoms with Gasteiger partial charge in [-0.15, -0.1) is 0 Å². The van der Waals surface area contributed by atoms with Crippen LogP contribution in [0.1, 0.15) is 12.8 Å². The first-order valence-corrected chi connectivity index (χ1v) is 6.35. The molecule has 15 heavy (non-hydrogen) atoms. The molecule has 1 rings (SSSR count). The van der Waals surface area contributed by atoms with Gasteiger partial charge in [-0.1, -0.05) is 0 Å².